The van der Waals surface area contributed by atoms with Crippen LogP contribution < -0.4 is 5.32 Å². The van der Waals surface area contributed by atoms with Crippen molar-refractivity contribution in [2.45, 2.75) is 44.2 Å². The van der Waals surface area contributed by atoms with Gasteiger partial charge in [0, 0.05) is 19.0 Å². The van der Waals surface area contributed by atoms with Gasteiger partial charge in [0.25, 0.3) is 0 Å². The number of imidazole rings is 1. The van der Waals surface area contributed by atoms with Crippen LogP contribution in [0.1, 0.15) is 44.0 Å². The zero-order chi connectivity index (χ0) is 11.2. The van der Waals surface area contributed by atoms with Gasteiger partial charge in [-0.15, -0.1) is 0 Å². The van der Waals surface area contributed by atoms with Crippen LogP contribution >= 0.6 is 0 Å². The van der Waals surface area contributed by atoms with Crippen molar-refractivity contribution >= 4 is 0 Å². The molecule has 4 heteroatoms. The molecule has 1 aliphatic heterocycles. The molecule has 2 rings (SSSR count). The highest BCUT2D eigenvalue weighted by molar-refractivity contribution is 4.94. The van der Waals surface area contributed by atoms with E-state index in [9.17, 15) is 0 Å². The summed E-state index contributed by atoms with van der Waals surface area (Å²) in [7, 11) is 1.99. The van der Waals surface area contributed by atoms with Crippen molar-refractivity contribution in [3.63, 3.8) is 0 Å². The second-order valence-electron chi connectivity index (χ2n) is 4.38. The van der Waals surface area contributed by atoms with E-state index in [1.54, 1.807) is 6.20 Å². The van der Waals surface area contributed by atoms with E-state index in [4.69, 9.17) is 4.74 Å². The molecule has 1 aromatic heterocycles. The number of hydrogen-bond donors (Lipinski definition) is 2. The van der Waals surface area contributed by atoms with Crippen molar-refractivity contribution < 1.29 is 4.74 Å². The fourth-order valence-electron chi connectivity index (χ4n) is 2.31. The number of nitrogens with zero attached hydrogens (tertiary/aromatic N) is 1. The molecule has 1 aromatic rings. The minimum absolute atomic E-state index is 0.344. The van der Waals surface area contributed by atoms with Crippen LogP contribution in [0.25, 0.3) is 0 Å². The Balaban J connectivity index is 1.71. The lowest BCUT2D eigenvalue weighted by Crippen LogP contribution is -2.18. The van der Waals surface area contributed by atoms with Crippen LogP contribution in [-0.4, -0.2) is 29.7 Å². The third kappa shape index (κ3) is 3.06. The van der Waals surface area contributed by atoms with Crippen molar-refractivity contribution in [2.75, 3.05) is 13.7 Å². The second-order valence-corrected chi connectivity index (χ2v) is 4.38. The molecular weight excluding hydrogens is 202 g/mol. The van der Waals surface area contributed by atoms with Crippen LogP contribution in [0.15, 0.2) is 12.4 Å². The number of nitrogens with one attached hydrogen (secondary N) is 2. The van der Waals surface area contributed by atoms with E-state index >= 15 is 0 Å². The van der Waals surface area contributed by atoms with Gasteiger partial charge < -0.3 is 15.0 Å². The van der Waals surface area contributed by atoms with Gasteiger partial charge in [-0.2, -0.15) is 0 Å². The number of rotatable bonds is 6. The van der Waals surface area contributed by atoms with Gasteiger partial charge in [0.1, 0.15) is 5.82 Å². The van der Waals surface area contributed by atoms with Crippen LogP contribution in [0.3, 0.4) is 0 Å². The fraction of sp³-hybridized carbons (Fsp3) is 0.750. The molecule has 0 spiro atoms. The van der Waals surface area contributed by atoms with Crippen LogP contribution in [-0.2, 0) is 4.74 Å². The Bertz CT molecular complexity index is 280. The summed E-state index contributed by atoms with van der Waals surface area (Å²) in [4.78, 5) is 7.45. The zero-order valence-corrected chi connectivity index (χ0v) is 9.91. The number of ether oxygens (including phenoxy) is 1. The van der Waals surface area contributed by atoms with Gasteiger partial charge in [0.05, 0.1) is 12.1 Å². The molecule has 2 N–H and O–H groups in total. The Morgan fingerprint density at radius 2 is 2.62 bits per heavy atom. The molecule has 0 aliphatic carbocycles. The first-order valence-electron chi connectivity index (χ1n) is 6.18. The van der Waals surface area contributed by atoms with Gasteiger partial charge in [0.15, 0.2) is 0 Å². The minimum Gasteiger partial charge on any atom is -0.378 e. The Morgan fingerprint density at radius 1 is 1.69 bits per heavy atom. The first-order valence-corrected chi connectivity index (χ1v) is 6.18. The summed E-state index contributed by atoms with van der Waals surface area (Å²) in [5.74, 6) is 1.04. The van der Waals surface area contributed by atoms with Crippen LogP contribution in [0.5, 0.6) is 0 Å². The topological polar surface area (TPSA) is 49.9 Å². The summed E-state index contributed by atoms with van der Waals surface area (Å²) >= 11 is 0. The number of aromatic amines is 1. The van der Waals surface area contributed by atoms with E-state index in [1.165, 1.54) is 25.7 Å². The number of aromatic nitrogens is 2. The Morgan fingerprint density at radius 3 is 3.25 bits per heavy atom. The first kappa shape index (κ1) is 11.6. The standard InChI is InChI=1S/C12H21N3O/c1-13-11(12-14-7-8-15-12)6-2-4-10-5-3-9-16-10/h7-8,10-11,13H,2-6,9H2,1H3,(H,14,15). The molecule has 0 aromatic carbocycles. The van der Waals surface area contributed by atoms with E-state index in [-0.39, 0.29) is 0 Å². The van der Waals surface area contributed by atoms with Crippen molar-refractivity contribution in [3.8, 4) is 0 Å². The predicted octanol–water partition coefficient (Wildman–Crippen LogP) is 2.02. The van der Waals surface area contributed by atoms with E-state index in [1.807, 2.05) is 13.2 Å². The number of H-pyrrole nitrogens is 1. The molecule has 4 nitrogen and oxygen atoms in total. The van der Waals surface area contributed by atoms with Crippen molar-refractivity contribution in [2.24, 2.45) is 0 Å². The summed E-state index contributed by atoms with van der Waals surface area (Å²) in [6, 6.07) is 0.344. The molecule has 0 bridgehead atoms. The maximum absolute atomic E-state index is 5.62. The average Bonchev–Trinajstić information content (AvgIpc) is 2.96. The summed E-state index contributed by atoms with van der Waals surface area (Å²) < 4.78 is 5.62. The smallest absolute Gasteiger partial charge is 0.123 e. The van der Waals surface area contributed by atoms with Gasteiger partial charge in [0.2, 0.25) is 0 Å². The molecule has 2 atom stereocenters. The maximum atomic E-state index is 5.62. The fourth-order valence-corrected chi connectivity index (χ4v) is 2.31. The third-order valence-corrected chi connectivity index (χ3v) is 3.24. The average molecular weight is 223 g/mol. The van der Waals surface area contributed by atoms with Gasteiger partial charge in [-0.1, -0.05) is 0 Å². The first-order chi connectivity index (χ1) is 7.90. The van der Waals surface area contributed by atoms with Crippen molar-refractivity contribution in [3.05, 3.63) is 18.2 Å². The molecule has 16 heavy (non-hydrogen) atoms. The van der Waals surface area contributed by atoms with Gasteiger partial charge in [-0.3, -0.25) is 0 Å². The van der Waals surface area contributed by atoms with Crippen LogP contribution in [0, 0.1) is 0 Å². The van der Waals surface area contributed by atoms with Gasteiger partial charge >= 0.3 is 0 Å². The van der Waals surface area contributed by atoms with E-state index in [0.29, 0.717) is 12.1 Å². The van der Waals surface area contributed by atoms with Crippen molar-refractivity contribution in [1.82, 2.24) is 15.3 Å². The maximum Gasteiger partial charge on any atom is 0.123 e. The minimum atomic E-state index is 0.344. The lowest BCUT2D eigenvalue weighted by molar-refractivity contribution is 0.101. The summed E-state index contributed by atoms with van der Waals surface area (Å²) in [6.07, 6.45) is 10.1. The second kappa shape index (κ2) is 6.01. The normalized spacial score (nSPS) is 22.4. The third-order valence-electron chi connectivity index (χ3n) is 3.24. The van der Waals surface area contributed by atoms with Gasteiger partial charge in [-0.05, 0) is 39.2 Å². The highest BCUT2D eigenvalue weighted by Gasteiger charge is 2.17. The number of hydrogen-bond acceptors (Lipinski definition) is 3. The molecule has 2 heterocycles. The Labute approximate surface area is 96.8 Å². The Kier molecular flexibility index (Phi) is 4.36. The molecule has 1 fully saturated rings. The monoisotopic (exact) mass is 223 g/mol. The molecular formula is C12H21N3O. The molecule has 2 unspecified atom stereocenters. The molecule has 1 aliphatic rings. The summed E-state index contributed by atoms with van der Waals surface area (Å²) in [5.41, 5.74) is 0. The lowest BCUT2D eigenvalue weighted by Gasteiger charge is -2.15. The van der Waals surface area contributed by atoms with Crippen LogP contribution in [0.2, 0.25) is 0 Å². The Hall–Kier alpha value is -0.870. The quantitative estimate of drug-likeness (QED) is 0.775. The van der Waals surface area contributed by atoms with Crippen molar-refractivity contribution in [1.29, 1.82) is 0 Å². The molecule has 1 saturated heterocycles. The predicted molar refractivity (Wildman–Crippen MR) is 63.2 cm³/mol. The summed E-state index contributed by atoms with van der Waals surface area (Å²) in [6.45, 7) is 0.957. The highest BCUT2D eigenvalue weighted by Crippen LogP contribution is 2.21. The lowest BCUT2D eigenvalue weighted by atomic mass is 10.1. The molecule has 0 radical (unpaired) electrons. The molecule has 0 amide bonds. The zero-order valence-electron chi connectivity index (χ0n) is 9.91. The van der Waals surface area contributed by atoms with Crippen LogP contribution in [0.4, 0.5) is 0 Å². The SMILES string of the molecule is CNC(CCCC1CCCO1)c1ncc[nH]1. The van der Waals surface area contributed by atoms with E-state index in [0.717, 1.165) is 18.9 Å². The summed E-state index contributed by atoms with van der Waals surface area (Å²) in [5, 5.41) is 3.30. The molecule has 0 saturated carbocycles. The van der Waals surface area contributed by atoms with E-state index < -0.39 is 0 Å². The van der Waals surface area contributed by atoms with E-state index in [2.05, 4.69) is 15.3 Å². The highest BCUT2D eigenvalue weighted by atomic mass is 16.5. The molecule has 90 valence electrons. The largest absolute Gasteiger partial charge is 0.378 e. The van der Waals surface area contributed by atoms with Gasteiger partial charge in [-0.25, -0.2) is 4.98 Å².